The van der Waals surface area contributed by atoms with E-state index in [-0.39, 0.29) is 6.09 Å². The summed E-state index contributed by atoms with van der Waals surface area (Å²) in [5.74, 6) is 1.66. The van der Waals surface area contributed by atoms with Crippen LogP contribution in [0.2, 0.25) is 0 Å². The molecule has 1 heterocycles. The third-order valence-corrected chi connectivity index (χ3v) is 4.17. The lowest BCUT2D eigenvalue weighted by atomic mass is 10.00. The Morgan fingerprint density at radius 3 is 2.67 bits per heavy atom. The Morgan fingerprint density at radius 2 is 2.05 bits per heavy atom. The molecule has 120 valence electrons. The molecule has 0 aromatic heterocycles. The molecule has 1 amide bonds. The summed E-state index contributed by atoms with van der Waals surface area (Å²) in [5, 5.41) is 3.51. The highest BCUT2D eigenvalue weighted by Gasteiger charge is 2.27. The molecular formula is C16H29N3O2. The van der Waals surface area contributed by atoms with Gasteiger partial charge in [-0.25, -0.2) is 4.79 Å². The van der Waals surface area contributed by atoms with Crippen LogP contribution in [-0.4, -0.2) is 48.1 Å². The molecule has 1 aliphatic heterocycles. The molecule has 0 aromatic rings. The lowest BCUT2D eigenvalue weighted by molar-refractivity contribution is 0.0276. The van der Waals surface area contributed by atoms with Crippen molar-refractivity contribution in [2.45, 2.75) is 65.0 Å². The van der Waals surface area contributed by atoms with Crippen LogP contribution < -0.4 is 5.32 Å². The van der Waals surface area contributed by atoms with Crippen molar-refractivity contribution < 1.29 is 9.53 Å². The number of nitrogens with zero attached hydrogens (tertiary/aromatic N) is 2. The van der Waals surface area contributed by atoms with Gasteiger partial charge in [0.15, 0.2) is 0 Å². The molecule has 5 nitrogen and oxygen atoms in total. The first-order valence-corrected chi connectivity index (χ1v) is 8.13. The quantitative estimate of drug-likeness (QED) is 0.852. The highest BCUT2D eigenvalue weighted by atomic mass is 16.6. The van der Waals surface area contributed by atoms with Crippen molar-refractivity contribution in [3.63, 3.8) is 0 Å². The maximum atomic E-state index is 12.1. The first kappa shape index (κ1) is 16.1. The number of hydrogen-bond acceptors (Lipinski definition) is 4. The summed E-state index contributed by atoms with van der Waals surface area (Å²) in [4.78, 5) is 18.4. The van der Waals surface area contributed by atoms with E-state index in [1.54, 1.807) is 4.90 Å². The van der Waals surface area contributed by atoms with Gasteiger partial charge in [0.05, 0.1) is 13.1 Å². The molecular weight excluding hydrogens is 266 g/mol. The molecule has 2 aliphatic rings. The molecule has 1 saturated carbocycles. The lowest BCUT2D eigenvalue weighted by Gasteiger charge is -2.31. The molecule has 1 atom stereocenters. The number of hydrogen-bond donors (Lipinski definition) is 1. The van der Waals surface area contributed by atoms with Crippen LogP contribution in [0.25, 0.3) is 0 Å². The maximum Gasteiger partial charge on any atom is 0.410 e. The highest BCUT2D eigenvalue weighted by Crippen LogP contribution is 2.27. The zero-order valence-electron chi connectivity index (χ0n) is 13.8. The van der Waals surface area contributed by atoms with E-state index in [4.69, 9.17) is 4.74 Å². The van der Waals surface area contributed by atoms with Crippen molar-refractivity contribution in [3.8, 4) is 0 Å². The van der Waals surface area contributed by atoms with E-state index in [0.29, 0.717) is 25.7 Å². The number of nitrogens with one attached hydrogen (secondary N) is 1. The van der Waals surface area contributed by atoms with E-state index in [1.165, 1.54) is 25.7 Å². The van der Waals surface area contributed by atoms with E-state index in [1.807, 2.05) is 20.8 Å². The van der Waals surface area contributed by atoms with Crippen LogP contribution in [0.15, 0.2) is 4.99 Å². The summed E-state index contributed by atoms with van der Waals surface area (Å²) >= 11 is 0. The van der Waals surface area contributed by atoms with Crippen LogP contribution in [0.3, 0.4) is 0 Å². The third-order valence-electron chi connectivity index (χ3n) is 4.17. The van der Waals surface area contributed by atoms with Crippen molar-refractivity contribution >= 4 is 11.9 Å². The van der Waals surface area contributed by atoms with Crippen molar-refractivity contribution in [1.29, 1.82) is 0 Å². The van der Waals surface area contributed by atoms with Crippen molar-refractivity contribution in [2.24, 2.45) is 10.9 Å². The van der Waals surface area contributed by atoms with Gasteiger partial charge in [0.1, 0.15) is 11.4 Å². The number of carbonyl (C=O) groups excluding carboxylic acids is 1. The van der Waals surface area contributed by atoms with Gasteiger partial charge in [0.2, 0.25) is 0 Å². The summed E-state index contributed by atoms with van der Waals surface area (Å²) in [6, 6.07) is 0.435. The fraction of sp³-hybridized carbons (Fsp3) is 0.875. The molecule has 5 heteroatoms. The van der Waals surface area contributed by atoms with Gasteiger partial charge < -0.3 is 10.1 Å². The number of amidine groups is 1. The Labute approximate surface area is 128 Å². The molecule has 0 spiro atoms. The number of ether oxygens (including phenoxy) is 1. The maximum absolute atomic E-state index is 12.1. The van der Waals surface area contributed by atoms with Crippen LogP contribution in [0, 0.1) is 5.92 Å². The Kier molecular flexibility index (Phi) is 5.12. The average Bonchev–Trinajstić information content (AvgIpc) is 2.91. The second-order valence-electron chi connectivity index (χ2n) is 7.21. The van der Waals surface area contributed by atoms with Gasteiger partial charge >= 0.3 is 6.09 Å². The van der Waals surface area contributed by atoms with Gasteiger partial charge in [0, 0.05) is 12.6 Å². The highest BCUT2D eigenvalue weighted by molar-refractivity contribution is 5.88. The Balaban J connectivity index is 1.85. The minimum absolute atomic E-state index is 0.245. The molecule has 0 radical (unpaired) electrons. The monoisotopic (exact) mass is 295 g/mol. The minimum Gasteiger partial charge on any atom is -0.444 e. The van der Waals surface area contributed by atoms with Crippen molar-refractivity contribution in [2.75, 3.05) is 19.6 Å². The zero-order valence-corrected chi connectivity index (χ0v) is 13.8. The number of rotatable bonds is 2. The minimum atomic E-state index is -0.448. The van der Waals surface area contributed by atoms with Gasteiger partial charge in [0.25, 0.3) is 0 Å². The molecule has 2 rings (SSSR count). The van der Waals surface area contributed by atoms with Crippen molar-refractivity contribution in [3.05, 3.63) is 0 Å². The molecule has 1 aliphatic carbocycles. The van der Waals surface area contributed by atoms with E-state index < -0.39 is 5.60 Å². The Hall–Kier alpha value is -1.26. The molecule has 0 saturated heterocycles. The predicted octanol–water partition coefficient (Wildman–Crippen LogP) is 2.80. The van der Waals surface area contributed by atoms with Gasteiger partial charge in [-0.2, -0.15) is 0 Å². The fourth-order valence-electron chi connectivity index (χ4n) is 3.03. The summed E-state index contributed by atoms with van der Waals surface area (Å²) in [7, 11) is 0. The predicted molar refractivity (Wildman–Crippen MR) is 84.7 cm³/mol. The third kappa shape index (κ3) is 4.90. The number of aliphatic imine (C=N–C) groups is 1. The van der Waals surface area contributed by atoms with Crippen LogP contribution in [0.5, 0.6) is 0 Å². The van der Waals surface area contributed by atoms with Crippen LogP contribution in [0.1, 0.15) is 53.4 Å². The zero-order chi connectivity index (χ0) is 15.5. The lowest BCUT2D eigenvalue weighted by Crippen LogP contribution is -2.49. The Morgan fingerprint density at radius 1 is 1.38 bits per heavy atom. The summed E-state index contributed by atoms with van der Waals surface area (Å²) in [6.45, 7) is 9.73. The number of carbonyl (C=O) groups is 1. The summed E-state index contributed by atoms with van der Waals surface area (Å²) in [6.07, 6.45) is 5.04. The van der Waals surface area contributed by atoms with Crippen LogP contribution in [0.4, 0.5) is 4.79 Å². The van der Waals surface area contributed by atoms with Gasteiger partial charge in [-0.05, 0) is 46.5 Å². The fourth-order valence-corrected chi connectivity index (χ4v) is 3.03. The van der Waals surface area contributed by atoms with Gasteiger partial charge in [-0.15, -0.1) is 0 Å². The standard InChI is InChI=1S/C16H29N3O2/c1-12(13-7-5-6-8-13)18-14-11-19(10-9-17-14)15(20)21-16(2,3)4/h12-13H,5-11H2,1-4H3,(H,17,18). The second kappa shape index (κ2) is 6.67. The van der Waals surface area contributed by atoms with E-state index in [0.717, 1.165) is 11.8 Å². The molecule has 1 fully saturated rings. The van der Waals surface area contributed by atoms with Gasteiger partial charge in [-0.3, -0.25) is 9.89 Å². The van der Waals surface area contributed by atoms with E-state index in [2.05, 4.69) is 17.2 Å². The van der Waals surface area contributed by atoms with E-state index >= 15 is 0 Å². The Bertz CT molecular complexity index is 395. The first-order chi connectivity index (χ1) is 9.85. The number of amides is 1. The second-order valence-corrected chi connectivity index (χ2v) is 7.21. The first-order valence-electron chi connectivity index (χ1n) is 8.13. The van der Waals surface area contributed by atoms with Crippen LogP contribution >= 0.6 is 0 Å². The molecule has 21 heavy (non-hydrogen) atoms. The topological polar surface area (TPSA) is 53.9 Å². The van der Waals surface area contributed by atoms with Crippen LogP contribution in [-0.2, 0) is 4.74 Å². The largest absolute Gasteiger partial charge is 0.444 e. The molecule has 0 bridgehead atoms. The van der Waals surface area contributed by atoms with Gasteiger partial charge in [-0.1, -0.05) is 12.8 Å². The van der Waals surface area contributed by atoms with Crippen molar-refractivity contribution in [1.82, 2.24) is 10.2 Å². The molecule has 0 aromatic carbocycles. The van der Waals surface area contributed by atoms with E-state index in [9.17, 15) is 4.79 Å². The average molecular weight is 295 g/mol. The normalized spacial score (nSPS) is 21.9. The smallest absolute Gasteiger partial charge is 0.410 e. The summed E-state index contributed by atoms with van der Waals surface area (Å²) < 4.78 is 5.43. The SMILES string of the molecule is CC(NC1=NCCN(C(=O)OC(C)(C)C)C1)C1CCCC1. The molecule has 1 N–H and O–H groups in total. The summed E-state index contributed by atoms with van der Waals surface area (Å²) in [5.41, 5.74) is -0.448. The molecule has 1 unspecified atom stereocenters.